The number of ether oxygens (including phenoxy) is 1. The summed E-state index contributed by atoms with van der Waals surface area (Å²) in [5.74, 6) is 0.787. The summed E-state index contributed by atoms with van der Waals surface area (Å²) in [7, 11) is 0. The molecule has 5 heteroatoms. The van der Waals surface area contributed by atoms with Crippen LogP contribution in [0.3, 0.4) is 0 Å². The largest absolute Gasteiger partial charge is 0.491 e. The lowest BCUT2D eigenvalue weighted by molar-refractivity contribution is 0.285. The summed E-state index contributed by atoms with van der Waals surface area (Å²) in [4.78, 5) is 12.1. The van der Waals surface area contributed by atoms with Crippen LogP contribution in [0.2, 0.25) is 0 Å². The summed E-state index contributed by atoms with van der Waals surface area (Å²) in [5.41, 5.74) is 2.14. The smallest absolute Gasteiger partial charge is 0.285 e. The van der Waals surface area contributed by atoms with Crippen molar-refractivity contribution in [1.29, 1.82) is 5.26 Å². The van der Waals surface area contributed by atoms with Crippen LogP contribution in [-0.2, 0) is 6.54 Å². The molecule has 5 nitrogen and oxygen atoms in total. The highest BCUT2D eigenvalue weighted by Gasteiger charge is 2.11. The van der Waals surface area contributed by atoms with Crippen molar-refractivity contribution in [2.75, 3.05) is 6.61 Å². The van der Waals surface area contributed by atoms with Gasteiger partial charge in [0.25, 0.3) is 5.56 Å². The van der Waals surface area contributed by atoms with E-state index in [2.05, 4.69) is 5.10 Å². The number of aromatic nitrogens is 2. The molecular weight excluding hydrogens is 266 g/mol. The number of nitriles is 1. The van der Waals surface area contributed by atoms with Gasteiger partial charge in [0.1, 0.15) is 24.0 Å². The van der Waals surface area contributed by atoms with Crippen molar-refractivity contribution in [3.05, 3.63) is 57.0 Å². The van der Waals surface area contributed by atoms with E-state index in [9.17, 15) is 4.79 Å². The van der Waals surface area contributed by atoms with E-state index >= 15 is 0 Å². The maximum Gasteiger partial charge on any atom is 0.285 e. The first-order valence-electron chi connectivity index (χ1n) is 6.71. The van der Waals surface area contributed by atoms with Crippen LogP contribution in [0.4, 0.5) is 0 Å². The normalized spacial score (nSPS) is 10.2. The molecule has 1 aromatic heterocycles. The van der Waals surface area contributed by atoms with Crippen LogP contribution >= 0.6 is 0 Å². The minimum absolute atomic E-state index is 0.151. The molecular formula is C16H17N3O2. The van der Waals surface area contributed by atoms with Gasteiger partial charge in [-0.25, -0.2) is 4.68 Å². The number of aryl methyl sites for hydroxylation is 2. The molecule has 0 fully saturated rings. The first-order valence-corrected chi connectivity index (χ1v) is 6.71. The Hall–Kier alpha value is -2.61. The quantitative estimate of drug-likeness (QED) is 0.862. The predicted molar refractivity (Wildman–Crippen MR) is 79.4 cm³/mol. The minimum Gasteiger partial charge on any atom is -0.491 e. The van der Waals surface area contributed by atoms with Gasteiger partial charge >= 0.3 is 0 Å². The highest BCUT2D eigenvalue weighted by Crippen LogP contribution is 2.15. The molecule has 1 heterocycles. The molecule has 0 bridgehead atoms. The van der Waals surface area contributed by atoms with Crippen LogP contribution in [0, 0.1) is 32.1 Å². The predicted octanol–water partition coefficient (Wildman–Crippen LogP) is 2.12. The highest BCUT2D eigenvalue weighted by molar-refractivity contribution is 5.36. The molecule has 0 unspecified atom stereocenters. The van der Waals surface area contributed by atoms with E-state index in [-0.39, 0.29) is 11.1 Å². The Morgan fingerprint density at radius 2 is 2.00 bits per heavy atom. The maximum atomic E-state index is 12.1. The standard InChI is InChI=1S/C16H17N3O2/c1-11-6-4-5-7-15(11)21-9-8-19-16(20)14(10-17)12(2)13(3)18-19/h4-7H,8-9H2,1-3H3. The fourth-order valence-electron chi connectivity index (χ4n) is 2.02. The third-order valence-corrected chi connectivity index (χ3v) is 3.40. The lowest BCUT2D eigenvalue weighted by Gasteiger charge is -2.11. The molecule has 2 aromatic rings. The maximum absolute atomic E-state index is 12.1. The number of nitrogens with zero attached hydrogens (tertiary/aromatic N) is 3. The number of hydrogen-bond acceptors (Lipinski definition) is 4. The van der Waals surface area contributed by atoms with Crippen molar-refractivity contribution < 1.29 is 4.74 Å². The molecule has 0 aliphatic rings. The third-order valence-electron chi connectivity index (χ3n) is 3.40. The van der Waals surface area contributed by atoms with Crippen molar-refractivity contribution >= 4 is 0 Å². The van der Waals surface area contributed by atoms with E-state index in [1.54, 1.807) is 13.8 Å². The molecule has 2 rings (SSSR count). The highest BCUT2D eigenvalue weighted by atomic mass is 16.5. The number of rotatable bonds is 4. The van der Waals surface area contributed by atoms with Crippen molar-refractivity contribution in [3.63, 3.8) is 0 Å². The van der Waals surface area contributed by atoms with Gasteiger partial charge in [0.2, 0.25) is 0 Å². The summed E-state index contributed by atoms with van der Waals surface area (Å²) < 4.78 is 6.95. The second kappa shape index (κ2) is 6.23. The number of benzene rings is 1. The molecule has 0 N–H and O–H groups in total. The van der Waals surface area contributed by atoms with Gasteiger partial charge in [-0.15, -0.1) is 0 Å². The fourth-order valence-corrected chi connectivity index (χ4v) is 2.02. The molecule has 0 saturated carbocycles. The van der Waals surface area contributed by atoms with Crippen LogP contribution in [-0.4, -0.2) is 16.4 Å². The topological polar surface area (TPSA) is 67.9 Å². The summed E-state index contributed by atoms with van der Waals surface area (Å²) >= 11 is 0. The molecule has 0 aliphatic carbocycles. The average molecular weight is 283 g/mol. The summed E-state index contributed by atoms with van der Waals surface area (Å²) in [5, 5.41) is 13.3. The van der Waals surface area contributed by atoms with E-state index in [4.69, 9.17) is 10.00 Å². The molecule has 1 aromatic carbocycles. The van der Waals surface area contributed by atoms with Gasteiger partial charge in [0, 0.05) is 0 Å². The fraction of sp³-hybridized carbons (Fsp3) is 0.312. The molecule has 0 aliphatic heterocycles. The zero-order chi connectivity index (χ0) is 15.4. The van der Waals surface area contributed by atoms with E-state index in [0.717, 1.165) is 11.3 Å². The molecule has 0 spiro atoms. The lowest BCUT2D eigenvalue weighted by Crippen LogP contribution is -2.29. The van der Waals surface area contributed by atoms with Crippen LogP contribution < -0.4 is 10.3 Å². The Kier molecular flexibility index (Phi) is 4.39. The molecule has 21 heavy (non-hydrogen) atoms. The van der Waals surface area contributed by atoms with Crippen LogP contribution in [0.15, 0.2) is 29.1 Å². The molecule has 0 saturated heterocycles. The Labute approximate surface area is 123 Å². The van der Waals surface area contributed by atoms with Gasteiger partial charge in [0.15, 0.2) is 0 Å². The van der Waals surface area contributed by atoms with E-state index in [0.29, 0.717) is 24.4 Å². The van der Waals surface area contributed by atoms with Crippen molar-refractivity contribution in [2.45, 2.75) is 27.3 Å². The summed E-state index contributed by atoms with van der Waals surface area (Å²) in [6, 6.07) is 9.63. The second-order valence-corrected chi connectivity index (χ2v) is 4.84. The second-order valence-electron chi connectivity index (χ2n) is 4.84. The monoisotopic (exact) mass is 283 g/mol. The first-order chi connectivity index (χ1) is 10.0. The number of hydrogen-bond donors (Lipinski definition) is 0. The van der Waals surface area contributed by atoms with Crippen LogP contribution in [0.1, 0.15) is 22.4 Å². The Balaban J connectivity index is 2.15. The van der Waals surface area contributed by atoms with Gasteiger partial charge in [-0.1, -0.05) is 18.2 Å². The zero-order valence-electron chi connectivity index (χ0n) is 12.4. The molecule has 0 radical (unpaired) electrons. The van der Waals surface area contributed by atoms with Gasteiger partial charge in [-0.3, -0.25) is 4.79 Å². The SMILES string of the molecule is Cc1ccccc1OCCn1nc(C)c(C)c(C#N)c1=O. The lowest BCUT2D eigenvalue weighted by atomic mass is 10.1. The molecule has 0 atom stereocenters. The van der Waals surface area contributed by atoms with E-state index < -0.39 is 0 Å². The van der Waals surface area contributed by atoms with Gasteiger partial charge < -0.3 is 4.74 Å². The van der Waals surface area contributed by atoms with Crippen molar-refractivity contribution in [1.82, 2.24) is 9.78 Å². The molecule has 0 amide bonds. The summed E-state index contributed by atoms with van der Waals surface area (Å²) in [6.07, 6.45) is 0. The Bertz CT molecular complexity index is 757. The van der Waals surface area contributed by atoms with Crippen LogP contribution in [0.25, 0.3) is 0 Å². The van der Waals surface area contributed by atoms with Crippen LogP contribution in [0.5, 0.6) is 5.75 Å². The van der Waals surface area contributed by atoms with Crippen molar-refractivity contribution in [3.8, 4) is 11.8 Å². The first kappa shape index (κ1) is 14.8. The van der Waals surface area contributed by atoms with Gasteiger partial charge in [0.05, 0.1) is 12.2 Å². The Morgan fingerprint density at radius 1 is 1.29 bits per heavy atom. The average Bonchev–Trinajstić information content (AvgIpc) is 2.47. The minimum atomic E-state index is -0.367. The van der Waals surface area contributed by atoms with E-state index in [1.807, 2.05) is 37.3 Å². The van der Waals surface area contributed by atoms with Crippen molar-refractivity contribution in [2.24, 2.45) is 0 Å². The number of para-hydroxylation sites is 1. The van der Waals surface area contributed by atoms with Gasteiger partial charge in [-0.2, -0.15) is 10.4 Å². The Morgan fingerprint density at radius 3 is 2.67 bits per heavy atom. The third kappa shape index (κ3) is 3.11. The zero-order valence-corrected chi connectivity index (χ0v) is 12.4. The van der Waals surface area contributed by atoms with E-state index in [1.165, 1.54) is 4.68 Å². The van der Waals surface area contributed by atoms with Gasteiger partial charge in [-0.05, 0) is 38.0 Å². The summed E-state index contributed by atoms with van der Waals surface area (Å²) in [6.45, 7) is 6.11. The molecule has 108 valence electrons.